The Bertz CT molecular complexity index is 999. The molecule has 2 fully saturated rings. The minimum Gasteiger partial charge on any atom is -0.369 e. The largest absolute Gasteiger partial charge is 0.369 e. The molecule has 5 rings (SSSR count). The number of nitrogens with zero attached hydrogens (tertiary/aromatic N) is 4. The van der Waals surface area contributed by atoms with E-state index >= 15 is 0 Å². The normalized spacial score (nSPS) is 18.0. The molecule has 0 atom stereocenters. The molecule has 1 saturated carbocycles. The van der Waals surface area contributed by atoms with Crippen LogP contribution in [0.25, 0.3) is 16.8 Å². The van der Waals surface area contributed by atoms with Gasteiger partial charge in [-0.05, 0) is 48.6 Å². The van der Waals surface area contributed by atoms with Crippen LogP contribution in [0.1, 0.15) is 35.4 Å². The van der Waals surface area contributed by atoms with Crippen LogP contribution in [0.15, 0.2) is 30.0 Å². The first-order chi connectivity index (χ1) is 13.7. The van der Waals surface area contributed by atoms with E-state index in [0.29, 0.717) is 12.0 Å². The lowest BCUT2D eigenvalue weighted by Crippen LogP contribution is -2.39. The summed E-state index contributed by atoms with van der Waals surface area (Å²) < 4.78 is 1.82. The van der Waals surface area contributed by atoms with Crippen molar-refractivity contribution in [2.75, 3.05) is 24.5 Å². The van der Waals surface area contributed by atoms with Gasteiger partial charge in [-0.25, -0.2) is 9.50 Å². The standard InChI is InChI=1S/C20H24N6OS/c21-15-3-5-25(6-4-15)16-9-22-19-17(10-24-26(19)11-16)14-7-18(28-12-14)20(27)23-8-13-1-2-13/h7,9-13,15H,1-6,8,21H2,(H,23,27). The van der Waals surface area contributed by atoms with Crippen LogP contribution in [0.4, 0.5) is 5.69 Å². The Morgan fingerprint density at radius 1 is 1.25 bits per heavy atom. The van der Waals surface area contributed by atoms with E-state index in [1.807, 2.05) is 34.6 Å². The maximum absolute atomic E-state index is 12.3. The van der Waals surface area contributed by atoms with Gasteiger partial charge in [-0.1, -0.05) is 0 Å². The van der Waals surface area contributed by atoms with Crippen molar-refractivity contribution in [2.45, 2.75) is 31.7 Å². The minimum atomic E-state index is 0.0122. The van der Waals surface area contributed by atoms with E-state index in [1.165, 1.54) is 24.2 Å². The van der Waals surface area contributed by atoms with Crippen molar-refractivity contribution in [1.29, 1.82) is 0 Å². The Kier molecular flexibility index (Phi) is 4.52. The first-order valence-corrected chi connectivity index (χ1v) is 10.8. The Labute approximate surface area is 167 Å². The first-order valence-electron chi connectivity index (χ1n) is 9.88. The number of anilines is 1. The lowest BCUT2D eigenvalue weighted by atomic mass is 10.1. The van der Waals surface area contributed by atoms with E-state index in [0.717, 1.165) is 59.8 Å². The zero-order valence-corrected chi connectivity index (χ0v) is 16.5. The molecule has 28 heavy (non-hydrogen) atoms. The van der Waals surface area contributed by atoms with Crippen LogP contribution in [0.2, 0.25) is 0 Å². The molecule has 1 saturated heterocycles. The van der Waals surface area contributed by atoms with Gasteiger partial charge >= 0.3 is 0 Å². The summed E-state index contributed by atoms with van der Waals surface area (Å²) in [5.41, 5.74) is 9.82. The van der Waals surface area contributed by atoms with Crippen LogP contribution in [-0.4, -0.2) is 46.2 Å². The van der Waals surface area contributed by atoms with Crippen LogP contribution in [0, 0.1) is 5.92 Å². The molecule has 0 aromatic carbocycles. The van der Waals surface area contributed by atoms with Crippen LogP contribution >= 0.6 is 11.3 Å². The van der Waals surface area contributed by atoms with Gasteiger partial charge in [0.05, 0.1) is 29.2 Å². The number of carbonyl (C=O) groups excluding carboxylic acids is 1. The van der Waals surface area contributed by atoms with Gasteiger partial charge in [-0.15, -0.1) is 11.3 Å². The quantitative estimate of drug-likeness (QED) is 0.692. The van der Waals surface area contributed by atoms with Crippen molar-refractivity contribution in [3.8, 4) is 11.1 Å². The van der Waals surface area contributed by atoms with Crippen LogP contribution in [-0.2, 0) is 0 Å². The molecule has 7 nitrogen and oxygen atoms in total. The monoisotopic (exact) mass is 396 g/mol. The van der Waals surface area contributed by atoms with Crippen molar-refractivity contribution >= 4 is 28.6 Å². The topological polar surface area (TPSA) is 88.5 Å². The molecule has 1 aliphatic heterocycles. The van der Waals surface area contributed by atoms with E-state index in [2.05, 4.69) is 20.3 Å². The van der Waals surface area contributed by atoms with Crippen molar-refractivity contribution < 1.29 is 4.79 Å². The number of rotatable bonds is 5. The maximum atomic E-state index is 12.3. The lowest BCUT2D eigenvalue weighted by molar-refractivity contribution is 0.0956. The summed E-state index contributed by atoms with van der Waals surface area (Å²) in [6, 6.07) is 2.24. The zero-order valence-electron chi connectivity index (χ0n) is 15.7. The lowest BCUT2D eigenvalue weighted by Gasteiger charge is -2.31. The van der Waals surface area contributed by atoms with Gasteiger partial charge in [-0.3, -0.25) is 4.79 Å². The third-order valence-corrected chi connectivity index (χ3v) is 6.56. The number of nitrogens with one attached hydrogen (secondary N) is 1. The van der Waals surface area contributed by atoms with Gasteiger partial charge in [0, 0.05) is 31.2 Å². The van der Waals surface area contributed by atoms with Crippen molar-refractivity contribution in [1.82, 2.24) is 19.9 Å². The van der Waals surface area contributed by atoms with E-state index in [9.17, 15) is 4.79 Å². The molecule has 0 radical (unpaired) electrons. The summed E-state index contributed by atoms with van der Waals surface area (Å²) in [6.45, 7) is 2.69. The predicted molar refractivity (Wildman–Crippen MR) is 111 cm³/mol. The molecular weight excluding hydrogens is 372 g/mol. The Hall–Kier alpha value is -2.45. The molecule has 146 valence electrons. The molecule has 0 unspecified atom stereocenters. The van der Waals surface area contributed by atoms with Crippen LogP contribution in [0.3, 0.4) is 0 Å². The van der Waals surface area contributed by atoms with Gasteiger partial charge in [0.2, 0.25) is 0 Å². The maximum Gasteiger partial charge on any atom is 0.261 e. The molecule has 4 heterocycles. The number of hydrogen-bond donors (Lipinski definition) is 2. The average Bonchev–Trinajstić information content (AvgIpc) is 3.24. The molecule has 3 aromatic rings. The summed E-state index contributed by atoms with van der Waals surface area (Å²) in [4.78, 5) is 20.0. The third kappa shape index (κ3) is 3.49. The molecule has 0 spiro atoms. The first kappa shape index (κ1) is 17.6. The van der Waals surface area contributed by atoms with Crippen molar-refractivity contribution in [3.63, 3.8) is 0 Å². The number of piperidine rings is 1. The van der Waals surface area contributed by atoms with Gasteiger partial charge in [0.1, 0.15) is 0 Å². The summed E-state index contributed by atoms with van der Waals surface area (Å²) in [7, 11) is 0. The molecule has 8 heteroatoms. The fourth-order valence-corrected chi connectivity index (χ4v) is 4.46. The minimum absolute atomic E-state index is 0.0122. The highest BCUT2D eigenvalue weighted by atomic mass is 32.1. The van der Waals surface area contributed by atoms with Crippen LogP contribution in [0.5, 0.6) is 0 Å². The van der Waals surface area contributed by atoms with Gasteiger partial charge in [0.15, 0.2) is 5.65 Å². The SMILES string of the molecule is NC1CCN(c2cnc3c(-c4csc(C(=O)NCC5CC5)c4)cnn3c2)CC1. The Morgan fingerprint density at radius 2 is 2.07 bits per heavy atom. The Morgan fingerprint density at radius 3 is 2.86 bits per heavy atom. The number of amides is 1. The van der Waals surface area contributed by atoms with Gasteiger partial charge < -0.3 is 16.0 Å². The molecule has 0 bridgehead atoms. The van der Waals surface area contributed by atoms with Gasteiger partial charge in [-0.2, -0.15) is 5.10 Å². The number of fused-ring (bicyclic) bond motifs is 1. The van der Waals surface area contributed by atoms with Crippen molar-refractivity contribution in [3.05, 3.63) is 34.9 Å². The summed E-state index contributed by atoms with van der Waals surface area (Å²) >= 11 is 1.47. The second kappa shape index (κ2) is 7.18. The number of hydrogen-bond acceptors (Lipinski definition) is 6. The number of thiophene rings is 1. The molecular formula is C20H24N6OS. The second-order valence-electron chi connectivity index (χ2n) is 7.82. The summed E-state index contributed by atoms with van der Waals surface area (Å²) in [5.74, 6) is 0.690. The van der Waals surface area contributed by atoms with E-state index in [-0.39, 0.29) is 5.91 Å². The number of aromatic nitrogens is 3. The molecule has 1 amide bonds. The summed E-state index contributed by atoms with van der Waals surface area (Å²) in [5, 5.41) is 9.52. The predicted octanol–water partition coefficient (Wildman–Crippen LogP) is 2.53. The highest BCUT2D eigenvalue weighted by molar-refractivity contribution is 7.12. The Balaban J connectivity index is 1.35. The molecule has 2 aliphatic rings. The number of nitrogens with two attached hydrogens (primary N) is 1. The highest BCUT2D eigenvalue weighted by Gasteiger charge is 2.23. The molecule has 3 N–H and O–H groups in total. The van der Waals surface area contributed by atoms with E-state index in [1.54, 1.807) is 0 Å². The fraction of sp³-hybridized carbons (Fsp3) is 0.450. The van der Waals surface area contributed by atoms with E-state index < -0.39 is 0 Å². The number of carbonyl (C=O) groups is 1. The molecule has 3 aromatic heterocycles. The van der Waals surface area contributed by atoms with Crippen LogP contribution < -0.4 is 16.0 Å². The zero-order chi connectivity index (χ0) is 19.1. The average molecular weight is 397 g/mol. The van der Waals surface area contributed by atoms with E-state index in [4.69, 9.17) is 5.73 Å². The highest BCUT2D eigenvalue weighted by Crippen LogP contribution is 2.30. The smallest absolute Gasteiger partial charge is 0.261 e. The second-order valence-corrected chi connectivity index (χ2v) is 8.73. The fourth-order valence-electron chi connectivity index (χ4n) is 3.63. The summed E-state index contributed by atoms with van der Waals surface area (Å²) in [6.07, 6.45) is 10.2. The van der Waals surface area contributed by atoms with Crippen molar-refractivity contribution in [2.24, 2.45) is 11.7 Å². The third-order valence-electron chi connectivity index (χ3n) is 5.63. The van der Waals surface area contributed by atoms with Gasteiger partial charge in [0.25, 0.3) is 5.91 Å². The molecule has 1 aliphatic carbocycles.